The van der Waals surface area contributed by atoms with E-state index < -0.39 is 0 Å². The summed E-state index contributed by atoms with van der Waals surface area (Å²) < 4.78 is 5.17. The van der Waals surface area contributed by atoms with Crippen LogP contribution in [0.25, 0.3) is 0 Å². The van der Waals surface area contributed by atoms with Crippen LogP contribution in [0.3, 0.4) is 0 Å². The van der Waals surface area contributed by atoms with Gasteiger partial charge in [0.1, 0.15) is 0 Å². The van der Waals surface area contributed by atoms with Crippen LogP contribution in [0.2, 0.25) is 0 Å². The van der Waals surface area contributed by atoms with Crippen LogP contribution in [0.4, 0.5) is 0 Å². The van der Waals surface area contributed by atoms with Crippen molar-refractivity contribution in [2.75, 3.05) is 26.7 Å². The second-order valence-corrected chi connectivity index (χ2v) is 5.72. The molecule has 3 fully saturated rings. The van der Waals surface area contributed by atoms with E-state index in [9.17, 15) is 0 Å². The van der Waals surface area contributed by atoms with Gasteiger partial charge in [0.25, 0.3) is 0 Å². The molecule has 104 valence electrons. The van der Waals surface area contributed by atoms with Crippen LogP contribution in [-0.2, 0) is 6.54 Å². The maximum absolute atomic E-state index is 5.17. The van der Waals surface area contributed by atoms with Gasteiger partial charge in [-0.2, -0.15) is 0 Å². The number of fused-ring (bicyclic) bond motifs is 2. The van der Waals surface area contributed by atoms with E-state index in [0.29, 0.717) is 5.88 Å². The molecule has 0 aromatic carbocycles. The first kappa shape index (κ1) is 12.9. The van der Waals surface area contributed by atoms with Crippen molar-refractivity contribution in [3.05, 3.63) is 23.4 Å². The first-order valence-corrected chi connectivity index (χ1v) is 7.19. The van der Waals surface area contributed by atoms with Crippen LogP contribution in [0.1, 0.15) is 24.5 Å². The molecule has 4 nitrogen and oxygen atoms in total. The molecule has 0 radical (unpaired) electrons. The second-order valence-electron chi connectivity index (χ2n) is 5.72. The molecule has 3 aliphatic rings. The van der Waals surface area contributed by atoms with Crippen molar-refractivity contribution in [2.24, 2.45) is 0 Å². The number of piperazine rings is 1. The maximum Gasteiger partial charge on any atom is 0.213 e. The molecule has 0 aliphatic carbocycles. The van der Waals surface area contributed by atoms with E-state index in [-0.39, 0.29) is 0 Å². The minimum Gasteiger partial charge on any atom is -0.481 e. The number of methoxy groups -OCH3 is 1. The number of hydrogen-bond acceptors (Lipinski definition) is 4. The topological polar surface area (TPSA) is 28.6 Å². The van der Waals surface area contributed by atoms with Gasteiger partial charge in [0.05, 0.1) is 7.11 Å². The highest BCUT2D eigenvalue weighted by molar-refractivity contribution is 5.28. The Morgan fingerprint density at radius 3 is 2.68 bits per heavy atom. The number of rotatable bonds is 4. The minimum atomic E-state index is 0.710. The van der Waals surface area contributed by atoms with Crippen LogP contribution < -0.4 is 4.74 Å². The molecule has 2 unspecified atom stereocenters. The lowest BCUT2D eigenvalue weighted by molar-refractivity contribution is -0.0733. The maximum atomic E-state index is 5.17. The van der Waals surface area contributed by atoms with Gasteiger partial charge in [-0.25, -0.2) is 4.98 Å². The standard InChI is InChI=1S/C15H23N3O/c1-4-17-9-13-6-14(10-17)18(13)8-12-7-16-15(19-3)5-11(12)2/h5,7,13-14H,4,6,8-10H2,1-3H3. The molecule has 1 aromatic rings. The highest BCUT2D eigenvalue weighted by Gasteiger charge is 2.43. The number of nitrogens with zero attached hydrogens (tertiary/aromatic N) is 3. The van der Waals surface area contributed by atoms with Gasteiger partial charge in [-0.3, -0.25) is 4.90 Å². The SMILES string of the molecule is CCN1CC2CC(C1)N2Cc1cnc(OC)cc1C. The molecule has 2 atom stereocenters. The van der Waals surface area contributed by atoms with E-state index in [1.54, 1.807) is 7.11 Å². The first-order valence-electron chi connectivity index (χ1n) is 7.19. The summed E-state index contributed by atoms with van der Waals surface area (Å²) in [7, 11) is 1.67. The molecular weight excluding hydrogens is 238 g/mol. The van der Waals surface area contributed by atoms with Crippen molar-refractivity contribution in [3.63, 3.8) is 0 Å². The predicted octanol–water partition coefficient (Wildman–Crippen LogP) is 1.68. The molecule has 0 saturated carbocycles. The average Bonchev–Trinajstić information content (AvgIpc) is 2.45. The monoisotopic (exact) mass is 261 g/mol. The lowest BCUT2D eigenvalue weighted by Gasteiger charge is -2.56. The lowest BCUT2D eigenvalue weighted by atomic mass is 9.86. The van der Waals surface area contributed by atoms with Gasteiger partial charge in [-0.1, -0.05) is 6.92 Å². The Bertz CT molecular complexity index is 451. The highest BCUT2D eigenvalue weighted by Crippen LogP contribution is 2.34. The van der Waals surface area contributed by atoms with Gasteiger partial charge in [-0.05, 0) is 31.0 Å². The zero-order valence-corrected chi connectivity index (χ0v) is 12.1. The summed E-state index contributed by atoms with van der Waals surface area (Å²) >= 11 is 0. The molecule has 0 spiro atoms. The first-order chi connectivity index (χ1) is 9.21. The summed E-state index contributed by atoms with van der Waals surface area (Å²) in [5, 5.41) is 0. The van der Waals surface area contributed by atoms with Gasteiger partial charge in [0.2, 0.25) is 5.88 Å². The number of piperidine rings is 1. The van der Waals surface area contributed by atoms with Crippen molar-refractivity contribution in [2.45, 2.75) is 38.9 Å². The Morgan fingerprint density at radius 1 is 1.37 bits per heavy atom. The molecule has 0 amide bonds. The normalized spacial score (nSPS) is 27.1. The van der Waals surface area contributed by atoms with Gasteiger partial charge in [0.15, 0.2) is 0 Å². The van der Waals surface area contributed by atoms with Crippen molar-refractivity contribution in [1.82, 2.24) is 14.8 Å². The van der Waals surface area contributed by atoms with Crippen molar-refractivity contribution in [1.29, 1.82) is 0 Å². The molecule has 3 saturated heterocycles. The zero-order chi connectivity index (χ0) is 13.4. The largest absolute Gasteiger partial charge is 0.481 e. The van der Waals surface area contributed by atoms with Crippen LogP contribution in [-0.4, -0.2) is 53.6 Å². The number of ether oxygens (including phenoxy) is 1. The van der Waals surface area contributed by atoms with Crippen molar-refractivity contribution >= 4 is 0 Å². The molecule has 19 heavy (non-hydrogen) atoms. The second kappa shape index (κ2) is 5.10. The lowest BCUT2D eigenvalue weighted by Crippen LogP contribution is -2.67. The molecule has 4 heteroatoms. The zero-order valence-electron chi connectivity index (χ0n) is 12.1. The summed E-state index contributed by atoms with van der Waals surface area (Å²) in [5.41, 5.74) is 2.62. The molecular formula is C15H23N3O. The van der Waals surface area contributed by atoms with Crippen LogP contribution in [0, 0.1) is 6.92 Å². The predicted molar refractivity (Wildman–Crippen MR) is 75.4 cm³/mol. The molecule has 1 aromatic heterocycles. The highest BCUT2D eigenvalue weighted by atomic mass is 16.5. The van der Waals surface area contributed by atoms with Crippen LogP contribution in [0.15, 0.2) is 12.3 Å². The Hall–Kier alpha value is -1.13. The molecule has 4 rings (SSSR count). The average molecular weight is 261 g/mol. The minimum absolute atomic E-state index is 0.710. The fourth-order valence-electron chi connectivity index (χ4n) is 3.32. The number of aryl methyl sites for hydroxylation is 1. The summed E-state index contributed by atoms with van der Waals surface area (Å²) in [4.78, 5) is 9.54. The third kappa shape index (κ3) is 2.35. The van der Waals surface area contributed by atoms with E-state index in [4.69, 9.17) is 4.74 Å². The van der Waals surface area contributed by atoms with Crippen LogP contribution in [0.5, 0.6) is 5.88 Å². The van der Waals surface area contributed by atoms with E-state index in [1.165, 1.54) is 37.2 Å². The molecule has 0 N–H and O–H groups in total. The fourth-order valence-corrected chi connectivity index (χ4v) is 3.32. The number of pyridine rings is 1. The number of aromatic nitrogens is 1. The molecule has 2 bridgehead atoms. The third-order valence-electron chi connectivity index (χ3n) is 4.62. The smallest absolute Gasteiger partial charge is 0.213 e. The van der Waals surface area contributed by atoms with Crippen molar-refractivity contribution < 1.29 is 4.74 Å². The summed E-state index contributed by atoms with van der Waals surface area (Å²) in [5.74, 6) is 0.710. The van der Waals surface area contributed by atoms with E-state index in [1.807, 2.05) is 12.3 Å². The summed E-state index contributed by atoms with van der Waals surface area (Å²) in [6.45, 7) is 9.09. The summed E-state index contributed by atoms with van der Waals surface area (Å²) in [6.07, 6.45) is 3.35. The van der Waals surface area contributed by atoms with Crippen LogP contribution >= 0.6 is 0 Å². The Balaban J connectivity index is 1.67. The number of likely N-dealkylation sites (N-methyl/N-ethyl adjacent to an activating group) is 1. The molecule has 3 aliphatic heterocycles. The Labute approximate surface area is 115 Å². The Kier molecular flexibility index (Phi) is 3.46. The fraction of sp³-hybridized carbons (Fsp3) is 0.667. The van der Waals surface area contributed by atoms with Crippen molar-refractivity contribution in [3.8, 4) is 5.88 Å². The van der Waals surface area contributed by atoms with Gasteiger partial charge in [-0.15, -0.1) is 0 Å². The Morgan fingerprint density at radius 2 is 2.11 bits per heavy atom. The van der Waals surface area contributed by atoms with Gasteiger partial charge < -0.3 is 9.64 Å². The van der Waals surface area contributed by atoms with Gasteiger partial charge >= 0.3 is 0 Å². The van der Waals surface area contributed by atoms with Gasteiger partial charge in [0, 0.05) is 44.0 Å². The third-order valence-corrected chi connectivity index (χ3v) is 4.62. The number of hydrogen-bond donors (Lipinski definition) is 0. The quantitative estimate of drug-likeness (QED) is 0.824. The molecule has 4 heterocycles. The summed E-state index contributed by atoms with van der Waals surface area (Å²) in [6, 6.07) is 3.53. The van der Waals surface area contributed by atoms with E-state index in [2.05, 4.69) is 28.6 Å². The van der Waals surface area contributed by atoms with E-state index >= 15 is 0 Å². The van der Waals surface area contributed by atoms with E-state index in [0.717, 1.165) is 18.6 Å².